The number of aromatic nitrogens is 3. The highest BCUT2D eigenvalue weighted by atomic mass is 35.5. The quantitative estimate of drug-likeness (QED) is 0.694. The SMILES string of the molecule is Nc1cc(Cl)c(-n2ncc3c2ccc(=O)n3CC2CCCC2)c(Cl)c1. The van der Waals surface area contributed by atoms with E-state index in [-0.39, 0.29) is 5.56 Å². The van der Waals surface area contributed by atoms with Gasteiger partial charge in [0.25, 0.3) is 5.56 Å². The summed E-state index contributed by atoms with van der Waals surface area (Å²) in [5.41, 5.74) is 8.43. The van der Waals surface area contributed by atoms with Crippen LogP contribution in [0, 0.1) is 5.92 Å². The Morgan fingerprint density at radius 2 is 1.80 bits per heavy atom. The number of hydrogen-bond donors (Lipinski definition) is 1. The molecular formula is C18H18Cl2N4O. The highest BCUT2D eigenvalue weighted by Crippen LogP contribution is 2.33. The lowest BCUT2D eigenvalue weighted by atomic mass is 10.1. The average Bonchev–Trinajstić information content (AvgIpc) is 3.19. The molecule has 25 heavy (non-hydrogen) atoms. The number of halogens is 2. The van der Waals surface area contributed by atoms with Crippen molar-refractivity contribution in [2.45, 2.75) is 32.2 Å². The number of nitrogen functional groups attached to an aromatic ring is 1. The minimum absolute atomic E-state index is 0.00606. The smallest absolute Gasteiger partial charge is 0.251 e. The summed E-state index contributed by atoms with van der Waals surface area (Å²) in [6.45, 7) is 0.727. The zero-order valence-electron chi connectivity index (χ0n) is 13.6. The van der Waals surface area contributed by atoms with Gasteiger partial charge in [-0.15, -0.1) is 0 Å². The van der Waals surface area contributed by atoms with Crippen LogP contribution in [-0.2, 0) is 6.54 Å². The van der Waals surface area contributed by atoms with Gasteiger partial charge in [-0.3, -0.25) is 4.79 Å². The first kappa shape index (κ1) is 16.5. The summed E-state index contributed by atoms with van der Waals surface area (Å²) in [7, 11) is 0. The van der Waals surface area contributed by atoms with Gasteiger partial charge < -0.3 is 10.3 Å². The van der Waals surface area contributed by atoms with Crippen molar-refractivity contribution in [3.05, 3.63) is 50.9 Å². The van der Waals surface area contributed by atoms with Gasteiger partial charge in [0, 0.05) is 18.3 Å². The summed E-state index contributed by atoms with van der Waals surface area (Å²) >= 11 is 12.7. The zero-order chi connectivity index (χ0) is 17.6. The first-order valence-electron chi connectivity index (χ1n) is 8.37. The maximum absolute atomic E-state index is 12.4. The predicted molar refractivity (Wildman–Crippen MR) is 102 cm³/mol. The first-order chi connectivity index (χ1) is 12.0. The lowest BCUT2D eigenvalue weighted by Crippen LogP contribution is -2.22. The number of benzene rings is 1. The Morgan fingerprint density at radius 1 is 1.12 bits per heavy atom. The zero-order valence-corrected chi connectivity index (χ0v) is 15.1. The molecule has 1 aliphatic rings. The number of nitrogens with two attached hydrogens (primary N) is 1. The molecule has 7 heteroatoms. The van der Waals surface area contributed by atoms with E-state index < -0.39 is 0 Å². The third-order valence-electron chi connectivity index (χ3n) is 4.89. The van der Waals surface area contributed by atoms with Gasteiger partial charge in [0.1, 0.15) is 5.69 Å². The summed E-state index contributed by atoms with van der Waals surface area (Å²) < 4.78 is 3.48. The number of fused-ring (bicyclic) bond motifs is 1. The van der Waals surface area contributed by atoms with Crippen LogP contribution < -0.4 is 11.3 Å². The average molecular weight is 377 g/mol. The van der Waals surface area contributed by atoms with E-state index in [1.807, 2.05) is 4.57 Å². The minimum Gasteiger partial charge on any atom is -0.399 e. The number of hydrogen-bond acceptors (Lipinski definition) is 3. The number of rotatable bonds is 3. The fourth-order valence-electron chi connectivity index (χ4n) is 3.68. The fraction of sp³-hybridized carbons (Fsp3) is 0.333. The Balaban J connectivity index is 1.87. The second kappa shape index (κ2) is 6.39. The van der Waals surface area contributed by atoms with E-state index in [2.05, 4.69) is 5.10 Å². The second-order valence-electron chi connectivity index (χ2n) is 6.59. The van der Waals surface area contributed by atoms with Crippen molar-refractivity contribution in [3.63, 3.8) is 0 Å². The van der Waals surface area contributed by atoms with E-state index in [4.69, 9.17) is 28.9 Å². The molecule has 1 aliphatic carbocycles. The molecule has 0 amide bonds. The molecule has 1 fully saturated rings. The number of anilines is 1. The van der Waals surface area contributed by atoms with E-state index >= 15 is 0 Å². The van der Waals surface area contributed by atoms with Crippen molar-refractivity contribution < 1.29 is 0 Å². The van der Waals surface area contributed by atoms with Crippen molar-refractivity contribution in [2.75, 3.05) is 5.73 Å². The predicted octanol–water partition coefficient (Wildman–Crippen LogP) is 4.27. The van der Waals surface area contributed by atoms with Gasteiger partial charge in [-0.25, -0.2) is 4.68 Å². The van der Waals surface area contributed by atoms with Crippen LogP contribution in [0.4, 0.5) is 5.69 Å². The largest absolute Gasteiger partial charge is 0.399 e. The Kier molecular flexibility index (Phi) is 4.21. The van der Waals surface area contributed by atoms with Crippen molar-refractivity contribution >= 4 is 39.9 Å². The van der Waals surface area contributed by atoms with Crippen LogP contribution in [0.15, 0.2) is 35.3 Å². The molecule has 0 radical (unpaired) electrons. The third-order valence-corrected chi connectivity index (χ3v) is 5.47. The van der Waals surface area contributed by atoms with Gasteiger partial charge in [0.15, 0.2) is 0 Å². The molecule has 0 atom stereocenters. The lowest BCUT2D eigenvalue weighted by Gasteiger charge is -2.13. The van der Waals surface area contributed by atoms with Crippen LogP contribution in [0.1, 0.15) is 25.7 Å². The van der Waals surface area contributed by atoms with Crippen LogP contribution in [-0.4, -0.2) is 14.3 Å². The molecule has 5 nitrogen and oxygen atoms in total. The van der Waals surface area contributed by atoms with Crippen LogP contribution in [0.25, 0.3) is 16.7 Å². The van der Waals surface area contributed by atoms with Crippen LogP contribution in [0.5, 0.6) is 0 Å². The van der Waals surface area contributed by atoms with Crippen LogP contribution in [0.2, 0.25) is 10.0 Å². The van der Waals surface area contributed by atoms with Gasteiger partial charge >= 0.3 is 0 Å². The fourth-order valence-corrected chi connectivity index (χ4v) is 4.34. The Labute approximate surface area is 154 Å². The normalized spacial score (nSPS) is 15.3. The molecule has 130 valence electrons. The molecule has 1 saturated carbocycles. The van der Waals surface area contributed by atoms with Crippen molar-refractivity contribution in [3.8, 4) is 5.69 Å². The molecule has 0 unspecified atom stereocenters. The molecule has 0 bridgehead atoms. The molecule has 2 N–H and O–H groups in total. The van der Waals surface area contributed by atoms with E-state index in [0.717, 1.165) is 17.6 Å². The van der Waals surface area contributed by atoms with Gasteiger partial charge in [0.05, 0.1) is 27.3 Å². The van der Waals surface area contributed by atoms with E-state index in [9.17, 15) is 4.79 Å². The lowest BCUT2D eigenvalue weighted by molar-refractivity contribution is 0.458. The second-order valence-corrected chi connectivity index (χ2v) is 7.41. The van der Waals surface area contributed by atoms with Crippen LogP contribution >= 0.6 is 23.2 Å². The van der Waals surface area contributed by atoms with E-state index in [0.29, 0.717) is 27.3 Å². The standard InChI is InChI=1S/C18H18Cl2N4O/c19-13-7-12(21)8-14(20)18(13)24-15-5-6-17(25)23(16(15)9-22-24)10-11-3-1-2-4-11/h5-9,11H,1-4,10,21H2. The maximum Gasteiger partial charge on any atom is 0.251 e. The van der Waals surface area contributed by atoms with Crippen molar-refractivity contribution in [1.29, 1.82) is 0 Å². The molecule has 4 rings (SSSR count). The van der Waals surface area contributed by atoms with Crippen molar-refractivity contribution in [2.24, 2.45) is 5.92 Å². The Hall–Kier alpha value is -1.98. The van der Waals surface area contributed by atoms with Gasteiger partial charge in [-0.05, 0) is 37.0 Å². The Bertz CT molecular complexity index is 979. The molecular weight excluding hydrogens is 359 g/mol. The first-order valence-corrected chi connectivity index (χ1v) is 9.12. The monoisotopic (exact) mass is 376 g/mol. The molecule has 0 spiro atoms. The van der Waals surface area contributed by atoms with E-state index in [1.165, 1.54) is 25.7 Å². The summed E-state index contributed by atoms with van der Waals surface area (Å²) in [6, 6.07) is 6.63. The number of pyridine rings is 1. The van der Waals surface area contributed by atoms with Gasteiger partial charge in [-0.2, -0.15) is 5.10 Å². The topological polar surface area (TPSA) is 65.8 Å². The summed E-state index contributed by atoms with van der Waals surface area (Å²) in [4.78, 5) is 12.4. The molecule has 3 aromatic rings. The highest BCUT2D eigenvalue weighted by Gasteiger charge is 2.19. The summed E-state index contributed by atoms with van der Waals surface area (Å²) in [6.07, 6.45) is 6.53. The molecule has 2 heterocycles. The Morgan fingerprint density at radius 3 is 2.48 bits per heavy atom. The van der Waals surface area contributed by atoms with Gasteiger partial charge in [-0.1, -0.05) is 36.0 Å². The minimum atomic E-state index is -0.00606. The van der Waals surface area contributed by atoms with Crippen molar-refractivity contribution in [1.82, 2.24) is 14.3 Å². The van der Waals surface area contributed by atoms with Gasteiger partial charge in [0.2, 0.25) is 0 Å². The van der Waals surface area contributed by atoms with E-state index in [1.54, 1.807) is 35.1 Å². The maximum atomic E-state index is 12.4. The molecule has 0 aliphatic heterocycles. The summed E-state index contributed by atoms with van der Waals surface area (Å²) in [5.74, 6) is 0.551. The molecule has 1 aromatic carbocycles. The molecule has 0 saturated heterocycles. The molecule has 2 aromatic heterocycles. The third kappa shape index (κ3) is 2.92. The summed E-state index contributed by atoms with van der Waals surface area (Å²) in [5, 5.41) is 5.28. The highest BCUT2D eigenvalue weighted by molar-refractivity contribution is 6.38. The van der Waals surface area contributed by atoms with Crippen LogP contribution in [0.3, 0.4) is 0 Å². The number of nitrogens with zero attached hydrogens (tertiary/aromatic N) is 3.